The summed E-state index contributed by atoms with van der Waals surface area (Å²) < 4.78 is 0. The molecule has 4 N–H and O–H groups in total. The van der Waals surface area contributed by atoms with E-state index in [1.54, 1.807) is 23.1 Å². The molecule has 206 valence electrons. The molecule has 7 nitrogen and oxygen atoms in total. The average Bonchev–Trinajstić information content (AvgIpc) is 2.94. The van der Waals surface area contributed by atoms with Crippen molar-refractivity contribution in [3.8, 4) is 0 Å². The van der Waals surface area contributed by atoms with E-state index in [1.807, 2.05) is 54.6 Å². The van der Waals surface area contributed by atoms with Gasteiger partial charge in [-0.1, -0.05) is 77.8 Å². The Kier molecular flexibility index (Phi) is 10.2. The second kappa shape index (κ2) is 13.8. The maximum atomic E-state index is 13.6. The minimum atomic E-state index is -0.769. The van der Waals surface area contributed by atoms with E-state index in [0.717, 1.165) is 22.4 Å². The largest absolute Gasteiger partial charge is 0.388 e. The Balaban J connectivity index is 1.44. The van der Waals surface area contributed by atoms with E-state index in [4.69, 9.17) is 28.9 Å². The first-order chi connectivity index (χ1) is 18.9. The van der Waals surface area contributed by atoms with Crippen molar-refractivity contribution < 1.29 is 14.7 Å². The quantitative estimate of drug-likeness (QED) is 0.343. The molecule has 4 rings (SSSR count). The minimum Gasteiger partial charge on any atom is -0.388 e. The Morgan fingerprint density at radius 1 is 0.923 bits per heavy atom. The fraction of sp³-hybridized carbons (Fsp3) is 0.333. The molecule has 2 atom stereocenters. The highest BCUT2D eigenvalue weighted by Crippen LogP contribution is 2.30. The number of hydrogen-bond acceptors (Lipinski definition) is 5. The van der Waals surface area contributed by atoms with Crippen molar-refractivity contribution in [2.75, 3.05) is 37.6 Å². The van der Waals surface area contributed by atoms with Gasteiger partial charge in [0, 0.05) is 73.3 Å². The number of rotatable bonds is 10. The minimum absolute atomic E-state index is 0.133. The van der Waals surface area contributed by atoms with Gasteiger partial charge < -0.3 is 26.0 Å². The van der Waals surface area contributed by atoms with Crippen molar-refractivity contribution >= 4 is 40.7 Å². The lowest BCUT2D eigenvalue weighted by Gasteiger charge is -2.38. The molecule has 3 aromatic rings. The number of nitrogens with zero attached hydrogens (tertiary/aromatic N) is 2. The summed E-state index contributed by atoms with van der Waals surface area (Å²) in [5.74, 6) is -0.440. The lowest BCUT2D eigenvalue weighted by molar-refractivity contribution is -0.136. The molecule has 2 amide bonds. The number of nitrogens with one attached hydrogen (secondary N) is 1. The first kappa shape index (κ1) is 28.9. The summed E-state index contributed by atoms with van der Waals surface area (Å²) in [5.41, 5.74) is 9.18. The van der Waals surface area contributed by atoms with E-state index < -0.39 is 12.1 Å². The molecule has 1 aliphatic heterocycles. The molecule has 1 aliphatic rings. The van der Waals surface area contributed by atoms with Gasteiger partial charge in [0.2, 0.25) is 11.8 Å². The molecular weight excluding hydrogens is 535 g/mol. The van der Waals surface area contributed by atoms with Crippen LogP contribution in [-0.4, -0.2) is 60.6 Å². The molecule has 0 aromatic heterocycles. The van der Waals surface area contributed by atoms with Crippen LogP contribution in [0, 0.1) is 0 Å². The highest BCUT2D eigenvalue weighted by atomic mass is 35.5. The van der Waals surface area contributed by atoms with Gasteiger partial charge >= 0.3 is 0 Å². The monoisotopic (exact) mass is 568 g/mol. The molecule has 9 heteroatoms. The van der Waals surface area contributed by atoms with Crippen LogP contribution in [0.25, 0.3) is 0 Å². The van der Waals surface area contributed by atoms with Gasteiger partial charge in [0.1, 0.15) is 6.04 Å². The summed E-state index contributed by atoms with van der Waals surface area (Å²) in [5, 5.41) is 14.8. The van der Waals surface area contributed by atoms with Crippen molar-refractivity contribution in [2.45, 2.75) is 31.4 Å². The van der Waals surface area contributed by atoms with Crippen LogP contribution in [0.1, 0.15) is 29.2 Å². The normalized spacial score (nSPS) is 15.1. The number of carbonyl (C=O) groups excluding carboxylic acids is 2. The van der Waals surface area contributed by atoms with Crippen molar-refractivity contribution in [3.05, 3.63) is 99.5 Å². The van der Waals surface area contributed by atoms with Crippen LogP contribution in [0.3, 0.4) is 0 Å². The van der Waals surface area contributed by atoms with Crippen molar-refractivity contribution in [1.82, 2.24) is 10.2 Å². The van der Waals surface area contributed by atoms with Crippen molar-refractivity contribution in [1.29, 1.82) is 0 Å². The number of carbonyl (C=O) groups is 2. The van der Waals surface area contributed by atoms with E-state index >= 15 is 0 Å². The number of piperazine rings is 1. The number of aliphatic hydroxyl groups excluding tert-OH is 1. The average molecular weight is 570 g/mol. The van der Waals surface area contributed by atoms with Crippen molar-refractivity contribution in [2.24, 2.45) is 5.73 Å². The molecule has 1 unspecified atom stereocenters. The Morgan fingerprint density at radius 2 is 1.62 bits per heavy atom. The van der Waals surface area contributed by atoms with E-state index in [-0.39, 0.29) is 31.2 Å². The van der Waals surface area contributed by atoms with Gasteiger partial charge in [-0.15, -0.1) is 0 Å². The predicted octanol–water partition coefficient (Wildman–Crippen LogP) is 3.99. The fourth-order valence-electron chi connectivity index (χ4n) is 4.90. The maximum Gasteiger partial charge on any atom is 0.245 e. The molecule has 0 bridgehead atoms. The molecule has 1 saturated heterocycles. The zero-order chi connectivity index (χ0) is 27.8. The van der Waals surface area contributed by atoms with Crippen LogP contribution in [0.4, 0.5) is 5.69 Å². The summed E-state index contributed by atoms with van der Waals surface area (Å²) in [6, 6.07) is 22.1. The third-order valence-corrected chi connectivity index (χ3v) is 7.53. The van der Waals surface area contributed by atoms with Crippen LogP contribution in [-0.2, 0) is 22.4 Å². The lowest BCUT2D eigenvalue weighted by Crippen LogP contribution is -2.56. The summed E-state index contributed by atoms with van der Waals surface area (Å²) in [6.45, 7) is 2.37. The number of hydrogen-bond donors (Lipinski definition) is 3. The number of benzene rings is 3. The Labute approximate surface area is 239 Å². The lowest BCUT2D eigenvalue weighted by atomic mass is 9.99. The molecule has 0 radical (unpaired) electrons. The Bertz CT molecular complexity index is 1270. The molecule has 0 saturated carbocycles. The fourth-order valence-corrected chi connectivity index (χ4v) is 5.38. The molecule has 1 fully saturated rings. The van der Waals surface area contributed by atoms with Crippen LogP contribution in [0.5, 0.6) is 0 Å². The summed E-state index contributed by atoms with van der Waals surface area (Å²) in [6.07, 6.45) is 0.260. The summed E-state index contributed by atoms with van der Waals surface area (Å²) in [4.78, 5) is 30.0. The topological polar surface area (TPSA) is 98.9 Å². The van der Waals surface area contributed by atoms with E-state index in [2.05, 4.69) is 10.2 Å². The van der Waals surface area contributed by atoms with Gasteiger partial charge in [-0.05, 0) is 29.3 Å². The zero-order valence-electron chi connectivity index (χ0n) is 21.7. The van der Waals surface area contributed by atoms with Gasteiger partial charge in [-0.3, -0.25) is 9.59 Å². The van der Waals surface area contributed by atoms with E-state index in [9.17, 15) is 14.7 Å². The zero-order valence-corrected chi connectivity index (χ0v) is 23.2. The maximum absolute atomic E-state index is 13.6. The number of aliphatic hydroxyl groups is 1. The van der Waals surface area contributed by atoms with Gasteiger partial charge in [-0.25, -0.2) is 0 Å². The van der Waals surface area contributed by atoms with Gasteiger partial charge in [-0.2, -0.15) is 0 Å². The summed E-state index contributed by atoms with van der Waals surface area (Å²) >= 11 is 12.4. The number of nitrogens with two attached hydrogens (primary N) is 1. The van der Waals surface area contributed by atoms with E-state index in [1.165, 1.54) is 0 Å². The highest BCUT2D eigenvalue weighted by Gasteiger charge is 2.30. The number of anilines is 1. The molecule has 0 spiro atoms. The van der Waals surface area contributed by atoms with Gasteiger partial charge in [0.05, 0.1) is 6.10 Å². The van der Waals surface area contributed by atoms with Gasteiger partial charge in [0.25, 0.3) is 0 Å². The number of halogens is 2. The molecular formula is C30H34Cl2N4O3. The standard InChI is InChI=1S/C30H34Cl2N4O3/c31-23-11-10-22(25(32)20-23)19-26(34-29(38)12-13-33)30(39)36-16-14-35(15-17-36)27-9-5-4-8-24(27)28(37)18-21-6-2-1-3-7-21/h1-11,20,26,28,37H,12-19,33H2,(H,34,38)/t26-,28?/m1/s1. The van der Waals surface area contributed by atoms with E-state index in [0.29, 0.717) is 42.6 Å². The number of para-hydroxylation sites is 1. The highest BCUT2D eigenvalue weighted by molar-refractivity contribution is 6.35. The van der Waals surface area contributed by atoms with Crippen molar-refractivity contribution in [3.63, 3.8) is 0 Å². The Hall–Kier alpha value is -3.10. The Morgan fingerprint density at radius 3 is 2.31 bits per heavy atom. The van der Waals surface area contributed by atoms with Crippen LogP contribution in [0.2, 0.25) is 10.0 Å². The SMILES string of the molecule is NCCC(=O)N[C@H](Cc1ccc(Cl)cc1Cl)C(=O)N1CCN(c2ccccc2C(O)Cc2ccccc2)CC1. The molecule has 1 heterocycles. The van der Waals surface area contributed by atoms with Gasteiger partial charge in [0.15, 0.2) is 0 Å². The third kappa shape index (κ3) is 7.73. The third-order valence-electron chi connectivity index (χ3n) is 6.94. The van der Waals surface area contributed by atoms with Crippen LogP contribution in [0.15, 0.2) is 72.8 Å². The predicted molar refractivity (Wildman–Crippen MR) is 156 cm³/mol. The number of amides is 2. The first-order valence-electron chi connectivity index (χ1n) is 13.1. The first-order valence-corrected chi connectivity index (χ1v) is 13.9. The summed E-state index contributed by atoms with van der Waals surface area (Å²) in [7, 11) is 0. The molecule has 0 aliphatic carbocycles. The molecule has 3 aromatic carbocycles. The smallest absolute Gasteiger partial charge is 0.245 e. The molecule has 39 heavy (non-hydrogen) atoms. The van der Waals surface area contributed by atoms with Crippen LogP contribution >= 0.6 is 23.2 Å². The second-order valence-electron chi connectivity index (χ2n) is 9.68. The van der Waals surface area contributed by atoms with Crippen LogP contribution < -0.4 is 16.0 Å². The second-order valence-corrected chi connectivity index (χ2v) is 10.5.